The van der Waals surface area contributed by atoms with Crippen molar-refractivity contribution in [3.05, 3.63) is 78.5 Å². The second kappa shape index (κ2) is 6.06. The number of hydrogen-bond acceptors (Lipinski definition) is 3. The summed E-state index contributed by atoms with van der Waals surface area (Å²) in [5.74, 6) is -0.309. The second-order valence-electron chi connectivity index (χ2n) is 6.62. The summed E-state index contributed by atoms with van der Waals surface area (Å²) in [6.45, 7) is 2.17. The lowest BCUT2D eigenvalue weighted by atomic mass is 9.96. The number of fused-ring (bicyclic) bond motifs is 6. The molecule has 0 N–H and O–H groups in total. The van der Waals surface area contributed by atoms with E-state index in [-0.39, 0.29) is 5.97 Å². The number of pyridine rings is 1. The van der Waals surface area contributed by atoms with E-state index in [1.165, 1.54) is 21.5 Å². The fourth-order valence-electron chi connectivity index (χ4n) is 3.83. The van der Waals surface area contributed by atoms with Crippen LogP contribution >= 0.6 is 0 Å². The molecule has 3 nitrogen and oxygen atoms in total. The fraction of sp³-hybridized carbons (Fsp3) is 0.0833. The lowest BCUT2D eigenvalue weighted by Crippen LogP contribution is -2.05. The second-order valence-corrected chi connectivity index (χ2v) is 6.62. The summed E-state index contributed by atoms with van der Waals surface area (Å²) in [5.41, 5.74) is 1.38. The third-order valence-corrected chi connectivity index (χ3v) is 5.09. The highest BCUT2D eigenvalue weighted by Gasteiger charge is 2.14. The number of carbonyl (C=O) groups is 1. The van der Waals surface area contributed by atoms with Gasteiger partial charge in [-0.2, -0.15) is 0 Å². The van der Waals surface area contributed by atoms with Crippen LogP contribution < -0.4 is 0 Å². The SMILES string of the molecule is CCOC(=O)c1ccnc2c1ccc1c3cc4ccccc4cc3ccc12. The maximum Gasteiger partial charge on any atom is 0.338 e. The molecule has 0 saturated carbocycles. The van der Waals surface area contributed by atoms with Crippen molar-refractivity contribution in [3.63, 3.8) is 0 Å². The first kappa shape index (κ1) is 15.8. The van der Waals surface area contributed by atoms with Gasteiger partial charge in [-0.05, 0) is 52.1 Å². The Morgan fingerprint density at radius 1 is 0.815 bits per heavy atom. The van der Waals surface area contributed by atoms with Gasteiger partial charge in [0.2, 0.25) is 0 Å². The van der Waals surface area contributed by atoms with Crippen molar-refractivity contribution in [2.45, 2.75) is 6.92 Å². The van der Waals surface area contributed by atoms with Gasteiger partial charge in [-0.15, -0.1) is 0 Å². The van der Waals surface area contributed by atoms with Gasteiger partial charge in [0, 0.05) is 17.0 Å². The quantitative estimate of drug-likeness (QED) is 0.227. The summed E-state index contributed by atoms with van der Waals surface area (Å²) < 4.78 is 5.20. The molecular weight excluding hydrogens is 334 g/mol. The van der Waals surface area contributed by atoms with E-state index in [4.69, 9.17) is 4.74 Å². The Hall–Kier alpha value is -3.46. The number of benzene rings is 4. The summed E-state index contributed by atoms with van der Waals surface area (Å²) in [4.78, 5) is 16.9. The Balaban J connectivity index is 1.86. The van der Waals surface area contributed by atoms with Gasteiger partial charge in [-0.3, -0.25) is 4.98 Å². The molecule has 0 aliphatic heterocycles. The Morgan fingerprint density at radius 3 is 2.37 bits per heavy atom. The van der Waals surface area contributed by atoms with Crippen LogP contribution in [0.4, 0.5) is 0 Å². The van der Waals surface area contributed by atoms with E-state index in [2.05, 4.69) is 59.6 Å². The average Bonchev–Trinajstić information content (AvgIpc) is 2.71. The first-order chi connectivity index (χ1) is 13.3. The van der Waals surface area contributed by atoms with Crippen molar-refractivity contribution in [3.8, 4) is 0 Å². The normalized spacial score (nSPS) is 11.4. The van der Waals surface area contributed by atoms with Gasteiger partial charge < -0.3 is 4.74 Å². The zero-order valence-corrected chi connectivity index (χ0v) is 14.9. The third kappa shape index (κ3) is 2.43. The van der Waals surface area contributed by atoms with E-state index < -0.39 is 0 Å². The maximum absolute atomic E-state index is 12.3. The summed E-state index contributed by atoms with van der Waals surface area (Å²) in [6, 6.07) is 22.8. The summed E-state index contributed by atoms with van der Waals surface area (Å²) in [6.07, 6.45) is 1.68. The maximum atomic E-state index is 12.3. The fourth-order valence-corrected chi connectivity index (χ4v) is 3.83. The molecule has 0 fully saturated rings. The first-order valence-corrected chi connectivity index (χ1v) is 9.06. The molecule has 0 bridgehead atoms. The van der Waals surface area contributed by atoms with Gasteiger partial charge in [0.05, 0.1) is 17.7 Å². The molecule has 4 aromatic carbocycles. The summed E-state index contributed by atoms with van der Waals surface area (Å²) in [7, 11) is 0. The molecule has 0 spiro atoms. The van der Waals surface area contributed by atoms with Gasteiger partial charge in [0.25, 0.3) is 0 Å². The Labute approximate surface area is 156 Å². The molecule has 0 amide bonds. The molecular formula is C24H17NO2. The van der Waals surface area contributed by atoms with Crippen molar-refractivity contribution < 1.29 is 9.53 Å². The highest BCUT2D eigenvalue weighted by Crippen LogP contribution is 2.33. The van der Waals surface area contributed by atoms with Crippen LogP contribution in [0.15, 0.2) is 72.9 Å². The Morgan fingerprint density at radius 2 is 1.56 bits per heavy atom. The zero-order chi connectivity index (χ0) is 18.4. The van der Waals surface area contributed by atoms with E-state index in [0.717, 1.165) is 21.7 Å². The van der Waals surface area contributed by atoms with Crippen LogP contribution in [0.5, 0.6) is 0 Å². The van der Waals surface area contributed by atoms with Crippen LogP contribution in [0.2, 0.25) is 0 Å². The predicted molar refractivity (Wildman–Crippen MR) is 110 cm³/mol. The van der Waals surface area contributed by atoms with Crippen LogP contribution in [0.25, 0.3) is 43.2 Å². The molecule has 0 aliphatic rings. The van der Waals surface area contributed by atoms with Crippen LogP contribution in [-0.4, -0.2) is 17.6 Å². The minimum Gasteiger partial charge on any atom is -0.462 e. The molecule has 27 heavy (non-hydrogen) atoms. The third-order valence-electron chi connectivity index (χ3n) is 5.09. The van der Waals surface area contributed by atoms with Crippen LogP contribution in [0.1, 0.15) is 17.3 Å². The Kier molecular flexibility index (Phi) is 3.54. The first-order valence-electron chi connectivity index (χ1n) is 9.06. The van der Waals surface area contributed by atoms with Gasteiger partial charge in [-0.1, -0.05) is 48.5 Å². The minimum atomic E-state index is -0.309. The monoisotopic (exact) mass is 351 g/mol. The number of rotatable bonds is 2. The van der Waals surface area contributed by atoms with Gasteiger partial charge in [0.15, 0.2) is 0 Å². The van der Waals surface area contributed by atoms with Crippen molar-refractivity contribution in [1.29, 1.82) is 0 Å². The van der Waals surface area contributed by atoms with E-state index in [9.17, 15) is 4.79 Å². The number of esters is 1. The van der Waals surface area contributed by atoms with E-state index in [1.807, 2.05) is 13.0 Å². The number of carbonyl (C=O) groups excluding carboxylic acids is 1. The van der Waals surface area contributed by atoms with E-state index >= 15 is 0 Å². The predicted octanol–water partition coefficient (Wildman–Crippen LogP) is 5.87. The summed E-state index contributed by atoms with van der Waals surface area (Å²) >= 11 is 0. The molecule has 130 valence electrons. The summed E-state index contributed by atoms with van der Waals surface area (Å²) in [5, 5.41) is 7.83. The van der Waals surface area contributed by atoms with E-state index in [0.29, 0.717) is 12.2 Å². The number of hydrogen-bond donors (Lipinski definition) is 0. The van der Waals surface area contributed by atoms with Gasteiger partial charge in [-0.25, -0.2) is 4.79 Å². The van der Waals surface area contributed by atoms with Crippen LogP contribution in [0, 0.1) is 0 Å². The van der Waals surface area contributed by atoms with Crippen molar-refractivity contribution in [2.75, 3.05) is 6.61 Å². The van der Waals surface area contributed by atoms with Crippen molar-refractivity contribution in [1.82, 2.24) is 4.98 Å². The van der Waals surface area contributed by atoms with Crippen LogP contribution in [-0.2, 0) is 4.74 Å². The molecule has 5 aromatic rings. The Bertz CT molecular complexity index is 1350. The van der Waals surface area contributed by atoms with Crippen molar-refractivity contribution >= 4 is 49.2 Å². The number of nitrogens with zero attached hydrogens (tertiary/aromatic N) is 1. The highest BCUT2D eigenvalue weighted by atomic mass is 16.5. The molecule has 1 aromatic heterocycles. The topological polar surface area (TPSA) is 39.2 Å². The van der Waals surface area contributed by atoms with E-state index in [1.54, 1.807) is 12.3 Å². The standard InChI is InChI=1S/C24H17NO2/c1-2-27-24(26)21-11-12-25-23-19-8-7-17-13-15-5-3-4-6-16(15)14-22(17)18(19)9-10-20(21)23/h3-14H,2H2,1H3. The molecule has 0 aliphatic carbocycles. The lowest BCUT2D eigenvalue weighted by Gasteiger charge is -2.10. The average molecular weight is 351 g/mol. The molecule has 0 saturated heterocycles. The van der Waals surface area contributed by atoms with Gasteiger partial charge >= 0.3 is 5.97 Å². The molecule has 0 unspecified atom stereocenters. The zero-order valence-electron chi connectivity index (χ0n) is 14.9. The lowest BCUT2D eigenvalue weighted by molar-refractivity contribution is 0.0528. The van der Waals surface area contributed by atoms with Crippen LogP contribution in [0.3, 0.4) is 0 Å². The molecule has 0 radical (unpaired) electrons. The smallest absolute Gasteiger partial charge is 0.338 e. The molecule has 1 heterocycles. The van der Waals surface area contributed by atoms with Gasteiger partial charge in [0.1, 0.15) is 0 Å². The molecule has 5 rings (SSSR count). The largest absolute Gasteiger partial charge is 0.462 e. The molecule has 0 atom stereocenters. The van der Waals surface area contributed by atoms with Crippen molar-refractivity contribution in [2.24, 2.45) is 0 Å². The highest BCUT2D eigenvalue weighted by molar-refractivity contribution is 6.20. The molecule has 3 heteroatoms. The number of aromatic nitrogens is 1. The minimum absolute atomic E-state index is 0.309. The number of ether oxygens (including phenoxy) is 1.